The van der Waals surface area contributed by atoms with Gasteiger partial charge in [0.1, 0.15) is 0 Å². The van der Waals surface area contributed by atoms with Crippen LogP contribution in [0, 0.1) is 0 Å². The average Bonchev–Trinajstić information content (AvgIpc) is 2.36. The summed E-state index contributed by atoms with van der Waals surface area (Å²) in [5.74, 6) is -1.41. The molecule has 10 heteroatoms. The molecule has 21 heavy (non-hydrogen) atoms. The van der Waals surface area contributed by atoms with E-state index < -0.39 is 21.4 Å². The van der Waals surface area contributed by atoms with Crippen molar-refractivity contribution >= 4 is 38.4 Å². The van der Waals surface area contributed by atoms with Gasteiger partial charge in [0.2, 0.25) is 0 Å². The largest absolute Gasteiger partial charge is 0.516 e. The third-order valence-corrected chi connectivity index (χ3v) is 3.88. The van der Waals surface area contributed by atoms with Crippen LogP contribution in [0.4, 0.5) is 13.2 Å². The van der Waals surface area contributed by atoms with E-state index in [1.807, 2.05) is 0 Å². The van der Waals surface area contributed by atoms with Gasteiger partial charge < -0.3 is 0 Å². The van der Waals surface area contributed by atoms with Crippen LogP contribution in [-0.2, 0) is 10.0 Å². The highest BCUT2D eigenvalue weighted by molar-refractivity contribution is 7.90. The standard InChI is InChI=1S/C11H6ClF3N2O3S/c12-8-3-4-16-9-5-6(1-2-7(8)9)10(18)17-21(19,20)11(13,14)15/h1-5H,(H,17,18). The van der Waals surface area contributed by atoms with Crippen LogP contribution in [0.15, 0.2) is 30.5 Å². The van der Waals surface area contributed by atoms with Gasteiger partial charge >= 0.3 is 15.5 Å². The number of alkyl halides is 3. The number of hydrogen-bond donors (Lipinski definition) is 1. The van der Waals surface area contributed by atoms with Crippen LogP contribution in [0.2, 0.25) is 5.02 Å². The molecule has 0 spiro atoms. The van der Waals surface area contributed by atoms with E-state index in [9.17, 15) is 26.4 Å². The molecule has 0 fully saturated rings. The Morgan fingerprint density at radius 1 is 1.24 bits per heavy atom. The van der Waals surface area contributed by atoms with Crippen molar-refractivity contribution in [3.05, 3.63) is 41.0 Å². The molecule has 2 aromatic rings. The molecule has 0 aliphatic carbocycles. The summed E-state index contributed by atoms with van der Waals surface area (Å²) in [7, 11) is -5.75. The second kappa shape index (κ2) is 5.15. The Labute approximate surface area is 121 Å². The van der Waals surface area contributed by atoms with E-state index in [2.05, 4.69) is 4.98 Å². The third kappa shape index (κ3) is 3.08. The first kappa shape index (κ1) is 15.5. The van der Waals surface area contributed by atoms with E-state index >= 15 is 0 Å². The summed E-state index contributed by atoms with van der Waals surface area (Å²) in [5, 5.41) is 0.823. The van der Waals surface area contributed by atoms with Crippen LogP contribution in [0.3, 0.4) is 0 Å². The van der Waals surface area contributed by atoms with E-state index in [1.54, 1.807) is 0 Å². The van der Waals surface area contributed by atoms with Gasteiger partial charge in [0, 0.05) is 17.1 Å². The Kier molecular flexibility index (Phi) is 3.81. The maximum Gasteiger partial charge on any atom is 0.516 e. The fourth-order valence-corrected chi connectivity index (χ4v) is 2.19. The minimum absolute atomic E-state index is 0.250. The summed E-state index contributed by atoms with van der Waals surface area (Å²) in [6.07, 6.45) is 1.35. The first-order valence-corrected chi connectivity index (χ1v) is 7.15. The SMILES string of the molecule is O=C(NS(=O)(=O)C(F)(F)F)c1ccc2c(Cl)ccnc2c1. The monoisotopic (exact) mass is 338 g/mol. The molecule has 0 bridgehead atoms. The zero-order valence-electron chi connectivity index (χ0n) is 9.98. The van der Waals surface area contributed by atoms with Crippen molar-refractivity contribution in [2.24, 2.45) is 0 Å². The van der Waals surface area contributed by atoms with Crippen LogP contribution in [0.25, 0.3) is 10.9 Å². The van der Waals surface area contributed by atoms with Gasteiger partial charge in [-0.2, -0.15) is 21.6 Å². The molecule has 0 aliphatic heterocycles. The van der Waals surface area contributed by atoms with Crippen LogP contribution < -0.4 is 4.72 Å². The molecule has 1 heterocycles. The number of pyridine rings is 1. The Balaban J connectivity index is 2.37. The van der Waals surface area contributed by atoms with Gasteiger partial charge in [-0.25, -0.2) is 4.72 Å². The molecule has 1 N–H and O–H groups in total. The Hall–Kier alpha value is -1.87. The second-order valence-electron chi connectivity index (χ2n) is 3.91. The molecule has 5 nitrogen and oxygen atoms in total. The summed E-state index contributed by atoms with van der Waals surface area (Å²) in [5.41, 5.74) is -5.61. The number of rotatable bonds is 2. The Morgan fingerprint density at radius 3 is 2.52 bits per heavy atom. The topological polar surface area (TPSA) is 76.1 Å². The number of hydrogen-bond acceptors (Lipinski definition) is 4. The average molecular weight is 339 g/mol. The zero-order chi connectivity index (χ0) is 15.8. The molecular formula is C11H6ClF3N2O3S. The van der Waals surface area contributed by atoms with Crippen molar-refractivity contribution in [1.82, 2.24) is 9.71 Å². The normalized spacial score (nSPS) is 12.4. The zero-order valence-corrected chi connectivity index (χ0v) is 11.6. The number of carbonyl (C=O) groups excluding carboxylic acids is 1. The molecule has 1 aromatic carbocycles. The lowest BCUT2D eigenvalue weighted by Gasteiger charge is -2.09. The highest BCUT2D eigenvalue weighted by atomic mass is 35.5. The van der Waals surface area contributed by atoms with Gasteiger partial charge in [-0.05, 0) is 18.2 Å². The number of nitrogens with zero attached hydrogens (tertiary/aromatic N) is 1. The van der Waals surface area contributed by atoms with Crippen molar-refractivity contribution < 1.29 is 26.4 Å². The minimum atomic E-state index is -5.75. The van der Waals surface area contributed by atoms with Gasteiger partial charge in [-0.3, -0.25) is 9.78 Å². The van der Waals surface area contributed by atoms with Crippen molar-refractivity contribution in [2.45, 2.75) is 5.51 Å². The van der Waals surface area contributed by atoms with Crippen molar-refractivity contribution in [1.29, 1.82) is 0 Å². The Bertz CT molecular complexity index is 821. The van der Waals surface area contributed by atoms with Gasteiger partial charge in [0.05, 0.1) is 10.5 Å². The maximum atomic E-state index is 12.2. The molecular weight excluding hydrogens is 333 g/mol. The summed E-state index contributed by atoms with van der Waals surface area (Å²) in [6, 6.07) is 5.15. The summed E-state index contributed by atoms with van der Waals surface area (Å²) in [6.45, 7) is 0. The van der Waals surface area contributed by atoms with Crippen LogP contribution in [0.5, 0.6) is 0 Å². The van der Waals surface area contributed by atoms with E-state index in [0.717, 1.165) is 16.9 Å². The summed E-state index contributed by atoms with van der Waals surface area (Å²) in [4.78, 5) is 15.5. The lowest BCUT2D eigenvalue weighted by molar-refractivity contribution is -0.0446. The van der Waals surface area contributed by atoms with Crippen LogP contribution in [0.1, 0.15) is 10.4 Å². The molecule has 112 valence electrons. The minimum Gasteiger partial charge on any atom is -0.268 e. The fourth-order valence-electron chi connectivity index (χ4n) is 1.49. The highest BCUT2D eigenvalue weighted by Gasteiger charge is 2.47. The van der Waals surface area contributed by atoms with Gasteiger partial charge in [-0.15, -0.1) is 0 Å². The number of carbonyl (C=O) groups is 1. The molecule has 0 saturated carbocycles. The number of nitrogens with one attached hydrogen (secondary N) is 1. The molecule has 2 rings (SSSR count). The quantitative estimate of drug-likeness (QED) is 0.912. The molecule has 1 amide bonds. The maximum absolute atomic E-state index is 12.2. The van der Waals surface area contributed by atoms with Gasteiger partial charge in [0.15, 0.2) is 0 Å². The smallest absolute Gasteiger partial charge is 0.268 e. The summed E-state index contributed by atoms with van der Waals surface area (Å²) >= 11 is 5.87. The molecule has 0 aliphatic rings. The van der Waals surface area contributed by atoms with Crippen molar-refractivity contribution in [3.63, 3.8) is 0 Å². The Morgan fingerprint density at radius 2 is 1.90 bits per heavy atom. The van der Waals surface area contributed by atoms with Gasteiger partial charge in [0.25, 0.3) is 5.91 Å². The van der Waals surface area contributed by atoms with Gasteiger partial charge in [-0.1, -0.05) is 17.7 Å². The lowest BCUT2D eigenvalue weighted by Crippen LogP contribution is -2.40. The lowest BCUT2D eigenvalue weighted by atomic mass is 10.1. The number of halogens is 4. The van der Waals surface area contributed by atoms with E-state index in [1.165, 1.54) is 18.3 Å². The predicted octanol–water partition coefficient (Wildman–Crippen LogP) is 2.47. The van der Waals surface area contributed by atoms with Crippen LogP contribution >= 0.6 is 11.6 Å². The first-order valence-electron chi connectivity index (χ1n) is 5.29. The highest BCUT2D eigenvalue weighted by Crippen LogP contribution is 2.24. The predicted molar refractivity (Wildman–Crippen MR) is 69.2 cm³/mol. The molecule has 0 unspecified atom stereocenters. The van der Waals surface area contributed by atoms with E-state index in [4.69, 9.17) is 11.6 Å². The molecule has 0 saturated heterocycles. The van der Waals surface area contributed by atoms with E-state index in [-0.39, 0.29) is 11.1 Å². The fraction of sp³-hybridized carbons (Fsp3) is 0.0909. The van der Waals surface area contributed by atoms with Crippen LogP contribution in [-0.4, -0.2) is 24.8 Å². The summed E-state index contributed by atoms with van der Waals surface area (Å²) < 4.78 is 59.2. The molecule has 1 aromatic heterocycles. The number of fused-ring (bicyclic) bond motifs is 1. The third-order valence-electron chi connectivity index (χ3n) is 2.48. The number of sulfonamides is 1. The van der Waals surface area contributed by atoms with E-state index in [0.29, 0.717) is 10.4 Å². The number of benzene rings is 1. The molecule has 0 atom stereocenters. The second-order valence-corrected chi connectivity index (χ2v) is 5.99. The number of amides is 1. The number of aromatic nitrogens is 1. The molecule has 0 radical (unpaired) electrons. The van der Waals surface area contributed by atoms with Crippen molar-refractivity contribution in [2.75, 3.05) is 0 Å². The first-order chi connectivity index (χ1) is 9.62. The van der Waals surface area contributed by atoms with Crippen molar-refractivity contribution in [3.8, 4) is 0 Å².